The Hall–Kier alpha value is -2.29. The quantitative estimate of drug-likeness (QED) is 0.597. The molecule has 1 fully saturated rings. The van der Waals surface area contributed by atoms with E-state index in [9.17, 15) is 8.42 Å². The second-order valence-electron chi connectivity index (χ2n) is 7.07. The van der Waals surface area contributed by atoms with E-state index in [0.717, 1.165) is 29.3 Å². The molecule has 1 aliphatic heterocycles. The lowest BCUT2D eigenvalue weighted by Crippen LogP contribution is -2.39. The summed E-state index contributed by atoms with van der Waals surface area (Å²) in [5.74, 6) is 0.721. The fraction of sp³-hybridized carbons (Fsp3) is 0.333. The third-order valence-corrected chi connectivity index (χ3v) is 8.08. The number of sulfonamides is 1. The van der Waals surface area contributed by atoms with Crippen molar-refractivity contribution in [2.24, 2.45) is 0 Å². The SMILES string of the molecule is COc1ccc(S(=O)(=O)N2CCCC(c3nnc(Cc4ccccc4)s3)C2)cc1. The van der Waals surface area contributed by atoms with Crippen LogP contribution in [0.25, 0.3) is 0 Å². The van der Waals surface area contributed by atoms with Gasteiger partial charge in [-0.3, -0.25) is 0 Å². The van der Waals surface area contributed by atoms with Crippen LogP contribution in [0.5, 0.6) is 5.75 Å². The van der Waals surface area contributed by atoms with Crippen LogP contribution >= 0.6 is 11.3 Å². The molecule has 6 nitrogen and oxygen atoms in total. The Morgan fingerprint density at radius 3 is 2.59 bits per heavy atom. The van der Waals surface area contributed by atoms with Gasteiger partial charge in [0.2, 0.25) is 10.0 Å². The second-order valence-corrected chi connectivity index (χ2v) is 10.1. The van der Waals surface area contributed by atoms with Gasteiger partial charge in [0, 0.05) is 25.4 Å². The van der Waals surface area contributed by atoms with E-state index in [-0.39, 0.29) is 5.92 Å². The largest absolute Gasteiger partial charge is 0.497 e. The molecule has 152 valence electrons. The normalized spacial score (nSPS) is 17.9. The first-order valence-electron chi connectivity index (χ1n) is 9.56. The van der Waals surface area contributed by atoms with Crippen molar-refractivity contribution in [3.63, 3.8) is 0 Å². The van der Waals surface area contributed by atoms with E-state index in [1.54, 1.807) is 47.0 Å². The highest BCUT2D eigenvalue weighted by Gasteiger charge is 2.32. The summed E-state index contributed by atoms with van der Waals surface area (Å²) in [5, 5.41) is 10.6. The van der Waals surface area contributed by atoms with E-state index in [2.05, 4.69) is 22.3 Å². The zero-order valence-corrected chi connectivity index (χ0v) is 17.8. The van der Waals surface area contributed by atoms with Crippen LogP contribution in [0.15, 0.2) is 59.5 Å². The fourth-order valence-corrected chi connectivity index (χ4v) is 6.06. The van der Waals surface area contributed by atoms with Gasteiger partial charge in [-0.2, -0.15) is 4.31 Å². The summed E-state index contributed by atoms with van der Waals surface area (Å²) < 4.78 is 32.8. The molecule has 0 radical (unpaired) electrons. The van der Waals surface area contributed by atoms with Gasteiger partial charge >= 0.3 is 0 Å². The summed E-state index contributed by atoms with van der Waals surface area (Å²) >= 11 is 1.59. The van der Waals surface area contributed by atoms with E-state index in [4.69, 9.17) is 4.74 Å². The molecule has 3 aromatic rings. The highest BCUT2D eigenvalue weighted by Crippen LogP contribution is 2.32. The van der Waals surface area contributed by atoms with Crippen molar-refractivity contribution in [3.8, 4) is 5.75 Å². The van der Waals surface area contributed by atoms with Gasteiger partial charge in [0.15, 0.2) is 0 Å². The van der Waals surface area contributed by atoms with Crippen molar-refractivity contribution in [2.75, 3.05) is 20.2 Å². The van der Waals surface area contributed by atoms with E-state index in [0.29, 0.717) is 23.7 Å². The molecule has 1 atom stereocenters. The van der Waals surface area contributed by atoms with Crippen LogP contribution < -0.4 is 4.74 Å². The number of aromatic nitrogens is 2. The predicted molar refractivity (Wildman–Crippen MR) is 113 cm³/mol. The average molecular weight is 430 g/mol. The molecule has 1 aliphatic rings. The molecule has 0 aliphatic carbocycles. The van der Waals surface area contributed by atoms with Crippen molar-refractivity contribution in [3.05, 3.63) is 70.2 Å². The third kappa shape index (κ3) is 4.49. The van der Waals surface area contributed by atoms with Crippen LogP contribution in [0.4, 0.5) is 0 Å². The smallest absolute Gasteiger partial charge is 0.243 e. The van der Waals surface area contributed by atoms with Crippen LogP contribution in [0, 0.1) is 0 Å². The molecule has 8 heteroatoms. The molecule has 0 amide bonds. The lowest BCUT2D eigenvalue weighted by atomic mass is 10.0. The molecule has 29 heavy (non-hydrogen) atoms. The number of methoxy groups -OCH3 is 1. The highest BCUT2D eigenvalue weighted by molar-refractivity contribution is 7.89. The van der Waals surface area contributed by atoms with Gasteiger partial charge in [0.1, 0.15) is 15.8 Å². The van der Waals surface area contributed by atoms with Gasteiger partial charge in [-0.05, 0) is 42.7 Å². The Morgan fingerprint density at radius 2 is 1.86 bits per heavy atom. The van der Waals surface area contributed by atoms with Crippen molar-refractivity contribution in [2.45, 2.75) is 30.1 Å². The molecule has 0 spiro atoms. The summed E-state index contributed by atoms with van der Waals surface area (Å²) in [6.45, 7) is 0.967. The molecule has 2 aromatic carbocycles. The molecular formula is C21H23N3O3S2. The fourth-order valence-electron chi connectivity index (χ4n) is 3.53. The number of hydrogen-bond donors (Lipinski definition) is 0. The van der Waals surface area contributed by atoms with Crippen LogP contribution in [0.3, 0.4) is 0 Å². The lowest BCUT2D eigenvalue weighted by Gasteiger charge is -2.30. The summed E-state index contributed by atoms with van der Waals surface area (Å²) in [7, 11) is -1.97. The first-order valence-corrected chi connectivity index (χ1v) is 11.8. The van der Waals surface area contributed by atoms with E-state index in [1.807, 2.05) is 18.2 Å². The summed E-state index contributed by atoms with van der Waals surface area (Å²) in [5.41, 5.74) is 1.20. The van der Waals surface area contributed by atoms with Crippen LogP contribution in [0.1, 0.15) is 34.3 Å². The van der Waals surface area contributed by atoms with Crippen molar-refractivity contribution < 1.29 is 13.2 Å². The molecule has 2 heterocycles. The van der Waals surface area contributed by atoms with Crippen LogP contribution in [0.2, 0.25) is 0 Å². The maximum Gasteiger partial charge on any atom is 0.243 e. The van der Waals surface area contributed by atoms with Gasteiger partial charge in [-0.25, -0.2) is 8.42 Å². The second kappa shape index (κ2) is 8.61. The summed E-state index contributed by atoms with van der Waals surface area (Å²) in [6.07, 6.45) is 2.49. The van der Waals surface area contributed by atoms with E-state index >= 15 is 0 Å². The number of benzene rings is 2. The maximum atomic E-state index is 13.1. The minimum Gasteiger partial charge on any atom is -0.497 e. The van der Waals surface area contributed by atoms with Gasteiger partial charge in [-0.1, -0.05) is 30.3 Å². The molecule has 1 saturated heterocycles. The standard InChI is InChI=1S/C21H23N3O3S2/c1-27-18-9-11-19(12-10-18)29(25,26)24-13-5-8-17(15-24)21-23-22-20(28-21)14-16-6-3-2-4-7-16/h2-4,6-7,9-12,17H,5,8,13-15H2,1H3. The average Bonchev–Trinajstić information content (AvgIpc) is 3.23. The van der Waals surface area contributed by atoms with Crippen LogP contribution in [-0.2, 0) is 16.4 Å². The minimum absolute atomic E-state index is 0.0822. The maximum absolute atomic E-state index is 13.1. The number of nitrogens with zero attached hydrogens (tertiary/aromatic N) is 3. The van der Waals surface area contributed by atoms with Crippen molar-refractivity contribution in [1.82, 2.24) is 14.5 Å². The number of piperidine rings is 1. The van der Waals surface area contributed by atoms with Gasteiger partial charge in [0.25, 0.3) is 0 Å². The zero-order chi connectivity index (χ0) is 20.3. The van der Waals surface area contributed by atoms with Crippen molar-refractivity contribution >= 4 is 21.4 Å². The number of rotatable bonds is 6. The monoisotopic (exact) mass is 429 g/mol. The lowest BCUT2D eigenvalue weighted by molar-refractivity contribution is 0.314. The number of hydrogen-bond acceptors (Lipinski definition) is 6. The van der Waals surface area contributed by atoms with E-state index in [1.165, 1.54) is 5.56 Å². The third-order valence-electron chi connectivity index (χ3n) is 5.11. The van der Waals surface area contributed by atoms with Crippen molar-refractivity contribution in [1.29, 1.82) is 0 Å². The first kappa shape index (κ1) is 20.0. The molecule has 0 saturated carbocycles. The highest BCUT2D eigenvalue weighted by atomic mass is 32.2. The Balaban J connectivity index is 1.48. The minimum atomic E-state index is -3.54. The van der Waals surface area contributed by atoms with Gasteiger partial charge < -0.3 is 4.74 Å². The molecular weight excluding hydrogens is 406 g/mol. The molecule has 0 N–H and O–H groups in total. The molecule has 0 bridgehead atoms. The van der Waals surface area contributed by atoms with Crippen LogP contribution in [-0.4, -0.2) is 43.1 Å². The number of ether oxygens (including phenoxy) is 1. The zero-order valence-electron chi connectivity index (χ0n) is 16.2. The first-order chi connectivity index (χ1) is 14.1. The van der Waals surface area contributed by atoms with E-state index < -0.39 is 10.0 Å². The molecule has 1 unspecified atom stereocenters. The van der Waals surface area contributed by atoms with Gasteiger partial charge in [0.05, 0.1) is 12.0 Å². The topological polar surface area (TPSA) is 72.4 Å². The molecule has 1 aromatic heterocycles. The Kier molecular flexibility index (Phi) is 5.94. The Morgan fingerprint density at radius 1 is 1.10 bits per heavy atom. The van der Waals surface area contributed by atoms with Gasteiger partial charge in [-0.15, -0.1) is 21.5 Å². The Bertz CT molecular complexity index is 1050. The summed E-state index contributed by atoms with van der Waals surface area (Å²) in [6, 6.07) is 16.7. The summed E-state index contributed by atoms with van der Waals surface area (Å²) in [4.78, 5) is 0.293. The predicted octanol–water partition coefficient (Wildman–Crippen LogP) is 3.71. The molecule has 4 rings (SSSR count). The Labute approximate surface area is 175 Å².